The number of carbonyl (C=O) groups excluding carboxylic acids is 1. The average molecular weight is 407 g/mol. The molecule has 144 valence electrons. The summed E-state index contributed by atoms with van der Waals surface area (Å²) in [6.45, 7) is 6.81. The van der Waals surface area contributed by atoms with Gasteiger partial charge in [-0.1, -0.05) is 56.5 Å². The number of nitrogens with zero attached hydrogens (tertiary/aromatic N) is 2. The monoisotopic (exact) mass is 406 g/mol. The van der Waals surface area contributed by atoms with Crippen LogP contribution in [0.25, 0.3) is 0 Å². The summed E-state index contributed by atoms with van der Waals surface area (Å²) in [5.74, 6) is 0.222. The molecule has 0 saturated heterocycles. The second-order valence-electron chi connectivity index (χ2n) is 7.68. The third kappa shape index (κ3) is 4.36. The van der Waals surface area contributed by atoms with Crippen molar-refractivity contribution in [3.63, 3.8) is 0 Å². The molecule has 1 aromatic heterocycles. The molecule has 0 saturated carbocycles. The van der Waals surface area contributed by atoms with Gasteiger partial charge in [0.05, 0.1) is 11.2 Å². The van der Waals surface area contributed by atoms with E-state index >= 15 is 0 Å². The largest absolute Gasteiger partial charge is 0.292 e. The van der Waals surface area contributed by atoms with Gasteiger partial charge in [-0.05, 0) is 42.7 Å². The Morgan fingerprint density at radius 2 is 2.22 bits per heavy atom. The number of benzene rings is 1. The SMILES string of the molecule is CCC(C)(C)C1CCc2[nH]nc(C(=O)NN=Cc3ccc(Cl)cc3Cl)c2C1. The minimum atomic E-state index is -0.316. The van der Waals surface area contributed by atoms with Gasteiger partial charge < -0.3 is 0 Å². The lowest BCUT2D eigenvalue weighted by Crippen LogP contribution is -2.30. The van der Waals surface area contributed by atoms with Crippen molar-refractivity contribution in [2.24, 2.45) is 16.4 Å². The molecular weight excluding hydrogens is 383 g/mol. The predicted octanol–water partition coefficient (Wildman–Crippen LogP) is 5.02. The van der Waals surface area contributed by atoms with Crippen molar-refractivity contribution in [2.75, 3.05) is 0 Å². The molecule has 2 N–H and O–H groups in total. The van der Waals surface area contributed by atoms with Gasteiger partial charge in [0, 0.05) is 21.8 Å². The molecule has 1 aromatic carbocycles. The summed E-state index contributed by atoms with van der Waals surface area (Å²) in [4.78, 5) is 12.6. The van der Waals surface area contributed by atoms with Crippen molar-refractivity contribution < 1.29 is 4.79 Å². The zero-order valence-electron chi connectivity index (χ0n) is 15.8. The van der Waals surface area contributed by atoms with Crippen molar-refractivity contribution in [3.8, 4) is 0 Å². The van der Waals surface area contributed by atoms with Crippen LogP contribution in [0.5, 0.6) is 0 Å². The first kappa shape index (κ1) is 19.9. The fourth-order valence-electron chi connectivity index (χ4n) is 3.46. The number of halogens is 2. The molecule has 0 spiro atoms. The molecule has 1 atom stereocenters. The molecule has 5 nitrogen and oxygen atoms in total. The Hall–Kier alpha value is -1.85. The summed E-state index contributed by atoms with van der Waals surface area (Å²) in [6, 6.07) is 5.09. The first-order valence-electron chi connectivity index (χ1n) is 9.16. The molecule has 0 fully saturated rings. The Morgan fingerprint density at radius 1 is 1.44 bits per heavy atom. The van der Waals surface area contributed by atoms with Crippen molar-refractivity contribution >= 4 is 35.3 Å². The Bertz CT molecular complexity index is 873. The van der Waals surface area contributed by atoms with E-state index in [9.17, 15) is 4.79 Å². The number of hydrogen-bond acceptors (Lipinski definition) is 3. The van der Waals surface area contributed by atoms with Crippen molar-refractivity contribution in [2.45, 2.75) is 46.5 Å². The van der Waals surface area contributed by atoms with Gasteiger partial charge in [0.15, 0.2) is 5.69 Å². The molecule has 0 aliphatic heterocycles. The number of rotatable bonds is 5. The molecule has 1 aliphatic rings. The van der Waals surface area contributed by atoms with E-state index < -0.39 is 0 Å². The van der Waals surface area contributed by atoms with Gasteiger partial charge in [-0.3, -0.25) is 9.89 Å². The first-order valence-corrected chi connectivity index (χ1v) is 9.92. The molecule has 0 radical (unpaired) electrons. The van der Waals surface area contributed by atoms with Crippen molar-refractivity contribution in [1.82, 2.24) is 15.6 Å². The van der Waals surface area contributed by atoms with Crippen LogP contribution < -0.4 is 5.43 Å². The Labute approximate surface area is 169 Å². The number of amides is 1. The molecule has 27 heavy (non-hydrogen) atoms. The van der Waals surface area contributed by atoms with E-state index in [1.165, 1.54) is 6.21 Å². The average Bonchev–Trinajstić information content (AvgIpc) is 3.06. The summed E-state index contributed by atoms with van der Waals surface area (Å²) >= 11 is 12.0. The predicted molar refractivity (Wildman–Crippen MR) is 110 cm³/mol. The van der Waals surface area contributed by atoms with Crippen LogP contribution >= 0.6 is 23.2 Å². The number of aryl methyl sites for hydroxylation is 1. The molecule has 1 amide bonds. The molecule has 2 aromatic rings. The second-order valence-corrected chi connectivity index (χ2v) is 8.52. The maximum Gasteiger partial charge on any atom is 0.292 e. The molecule has 1 heterocycles. The van der Waals surface area contributed by atoms with E-state index in [1.807, 2.05) is 0 Å². The van der Waals surface area contributed by atoms with E-state index in [0.29, 0.717) is 27.2 Å². The number of nitrogens with one attached hydrogen (secondary N) is 2. The summed E-state index contributed by atoms with van der Waals surface area (Å²) in [7, 11) is 0. The Kier molecular flexibility index (Phi) is 5.92. The van der Waals surface area contributed by atoms with E-state index in [4.69, 9.17) is 23.2 Å². The zero-order valence-corrected chi connectivity index (χ0v) is 17.3. The molecular formula is C20H24Cl2N4O. The summed E-state index contributed by atoms with van der Waals surface area (Å²) in [5, 5.41) is 12.3. The standard InChI is InChI=1S/C20H24Cl2N4O/c1-4-20(2,3)13-6-8-17-15(9-13)18(25-24-17)19(27)26-23-11-12-5-7-14(21)10-16(12)22/h5,7,10-11,13H,4,6,8-9H2,1-3H3,(H,24,25)(H,26,27). The van der Waals surface area contributed by atoms with E-state index in [2.05, 4.69) is 41.5 Å². The highest BCUT2D eigenvalue weighted by atomic mass is 35.5. The number of aromatic amines is 1. The third-order valence-corrected chi connectivity index (χ3v) is 6.27. The summed E-state index contributed by atoms with van der Waals surface area (Å²) in [6.07, 6.45) is 5.51. The smallest absolute Gasteiger partial charge is 0.281 e. The highest BCUT2D eigenvalue weighted by Gasteiger charge is 2.34. The fourth-order valence-corrected chi connectivity index (χ4v) is 3.92. The minimum absolute atomic E-state index is 0.242. The Morgan fingerprint density at radius 3 is 2.93 bits per heavy atom. The van der Waals surface area contributed by atoms with Gasteiger partial charge in [0.2, 0.25) is 0 Å². The van der Waals surface area contributed by atoms with Gasteiger partial charge in [-0.15, -0.1) is 0 Å². The molecule has 3 rings (SSSR count). The van der Waals surface area contributed by atoms with Crippen LogP contribution in [0.4, 0.5) is 0 Å². The minimum Gasteiger partial charge on any atom is -0.281 e. The number of fused-ring (bicyclic) bond motifs is 1. The van der Waals surface area contributed by atoms with Crippen LogP contribution in [0.3, 0.4) is 0 Å². The van der Waals surface area contributed by atoms with Gasteiger partial charge >= 0.3 is 0 Å². The lowest BCUT2D eigenvalue weighted by molar-refractivity contribution is 0.0947. The summed E-state index contributed by atoms with van der Waals surface area (Å²) < 4.78 is 0. The van der Waals surface area contributed by atoms with Gasteiger partial charge in [0.25, 0.3) is 5.91 Å². The van der Waals surface area contributed by atoms with Crippen molar-refractivity contribution in [1.29, 1.82) is 0 Å². The molecule has 1 aliphatic carbocycles. The number of aromatic nitrogens is 2. The van der Waals surface area contributed by atoms with Gasteiger partial charge in [0.1, 0.15) is 0 Å². The molecule has 0 bridgehead atoms. The van der Waals surface area contributed by atoms with Crippen LogP contribution in [0.2, 0.25) is 10.0 Å². The van der Waals surface area contributed by atoms with Crippen LogP contribution in [-0.2, 0) is 12.8 Å². The second kappa shape index (κ2) is 8.03. The highest BCUT2D eigenvalue weighted by molar-refractivity contribution is 6.36. The van der Waals surface area contributed by atoms with Gasteiger partial charge in [-0.2, -0.15) is 10.2 Å². The maximum absolute atomic E-state index is 12.6. The van der Waals surface area contributed by atoms with Crippen LogP contribution in [-0.4, -0.2) is 22.3 Å². The highest BCUT2D eigenvalue weighted by Crippen LogP contribution is 2.40. The quantitative estimate of drug-likeness (QED) is 0.540. The van der Waals surface area contributed by atoms with Crippen molar-refractivity contribution in [3.05, 3.63) is 50.8 Å². The number of H-pyrrole nitrogens is 1. The normalized spacial score (nSPS) is 17.1. The van der Waals surface area contributed by atoms with Gasteiger partial charge in [-0.25, -0.2) is 5.43 Å². The number of hydrogen-bond donors (Lipinski definition) is 2. The fraction of sp³-hybridized carbons (Fsp3) is 0.450. The topological polar surface area (TPSA) is 70.1 Å². The van der Waals surface area contributed by atoms with E-state index in [0.717, 1.165) is 36.9 Å². The van der Waals surface area contributed by atoms with Crippen LogP contribution in [0.1, 0.15) is 60.9 Å². The summed E-state index contributed by atoms with van der Waals surface area (Å²) in [5.41, 5.74) is 5.98. The Balaban J connectivity index is 1.72. The van der Waals surface area contributed by atoms with Crippen LogP contribution in [0, 0.1) is 11.3 Å². The number of hydrazone groups is 1. The van der Waals surface area contributed by atoms with E-state index in [1.54, 1.807) is 18.2 Å². The molecule has 1 unspecified atom stereocenters. The lowest BCUT2D eigenvalue weighted by Gasteiger charge is -2.36. The number of carbonyl (C=O) groups is 1. The maximum atomic E-state index is 12.6. The van der Waals surface area contributed by atoms with E-state index in [-0.39, 0.29) is 11.3 Å². The molecule has 7 heteroatoms. The van der Waals surface area contributed by atoms with Crippen LogP contribution in [0.15, 0.2) is 23.3 Å². The first-order chi connectivity index (χ1) is 12.8. The lowest BCUT2D eigenvalue weighted by atomic mass is 9.69. The third-order valence-electron chi connectivity index (χ3n) is 5.71. The zero-order chi connectivity index (χ0) is 19.6.